The molecule has 0 aromatic carbocycles. The highest BCUT2D eigenvalue weighted by Gasteiger charge is 2.10. The van der Waals surface area contributed by atoms with Crippen LogP contribution in [0.3, 0.4) is 0 Å². The molecule has 0 amide bonds. The smallest absolute Gasteiger partial charge is 0.189 e. The average molecular weight is 276 g/mol. The maximum Gasteiger partial charge on any atom is 0.189 e. The molecule has 100 valence electrons. The molecular formula is C13H16N4OS. The van der Waals surface area contributed by atoms with Gasteiger partial charge in [-0.3, -0.25) is 4.98 Å². The minimum atomic E-state index is 0.0289. The van der Waals surface area contributed by atoms with Crippen molar-refractivity contribution in [1.29, 1.82) is 0 Å². The summed E-state index contributed by atoms with van der Waals surface area (Å²) < 4.78 is 0. The van der Waals surface area contributed by atoms with E-state index in [4.69, 9.17) is 10.9 Å². The molecule has 4 N–H and O–H groups in total. The number of amidine groups is 1. The molecule has 1 unspecified atom stereocenters. The molecule has 0 saturated carbocycles. The minimum Gasteiger partial charge on any atom is -0.409 e. The van der Waals surface area contributed by atoms with E-state index in [1.165, 1.54) is 4.88 Å². The van der Waals surface area contributed by atoms with Crippen molar-refractivity contribution < 1.29 is 5.21 Å². The third-order valence-electron chi connectivity index (χ3n) is 2.81. The predicted molar refractivity (Wildman–Crippen MR) is 76.3 cm³/mol. The molecule has 0 aliphatic heterocycles. The first kappa shape index (κ1) is 13.5. The zero-order chi connectivity index (χ0) is 13.7. The van der Waals surface area contributed by atoms with Gasteiger partial charge in [-0.25, -0.2) is 0 Å². The van der Waals surface area contributed by atoms with Gasteiger partial charge in [0.2, 0.25) is 0 Å². The molecule has 0 aliphatic carbocycles. The molecule has 0 radical (unpaired) electrons. The summed E-state index contributed by atoms with van der Waals surface area (Å²) in [7, 11) is 0. The summed E-state index contributed by atoms with van der Waals surface area (Å²) in [5.41, 5.74) is 7.02. The molecule has 2 heterocycles. The Labute approximate surface area is 115 Å². The van der Waals surface area contributed by atoms with E-state index >= 15 is 0 Å². The van der Waals surface area contributed by atoms with Crippen LogP contribution >= 0.6 is 11.3 Å². The first-order valence-electron chi connectivity index (χ1n) is 5.91. The summed E-state index contributed by atoms with van der Waals surface area (Å²) in [6, 6.07) is 8.12. The number of hydrogen-bond donors (Lipinski definition) is 3. The van der Waals surface area contributed by atoms with Crippen LogP contribution in [0.15, 0.2) is 41.0 Å². The lowest BCUT2D eigenvalue weighted by atomic mass is 10.1. The number of rotatable bonds is 5. The van der Waals surface area contributed by atoms with Crippen LogP contribution in [0, 0.1) is 0 Å². The predicted octanol–water partition coefficient (Wildman–Crippen LogP) is 2.09. The van der Waals surface area contributed by atoms with E-state index < -0.39 is 0 Å². The zero-order valence-corrected chi connectivity index (χ0v) is 11.4. The van der Waals surface area contributed by atoms with Gasteiger partial charge in [0, 0.05) is 23.7 Å². The Morgan fingerprint density at radius 2 is 2.37 bits per heavy atom. The van der Waals surface area contributed by atoms with Crippen LogP contribution in [-0.2, 0) is 6.54 Å². The molecule has 2 rings (SSSR count). The van der Waals surface area contributed by atoms with Crippen LogP contribution in [0.5, 0.6) is 0 Å². The normalized spacial score (nSPS) is 13.4. The van der Waals surface area contributed by atoms with Crippen molar-refractivity contribution in [3.05, 3.63) is 52.0 Å². The van der Waals surface area contributed by atoms with Gasteiger partial charge in [0.1, 0.15) is 5.69 Å². The van der Waals surface area contributed by atoms with Gasteiger partial charge in [0.25, 0.3) is 0 Å². The van der Waals surface area contributed by atoms with Crippen molar-refractivity contribution in [3.63, 3.8) is 0 Å². The Bertz CT molecular complexity index is 554. The second-order valence-corrected chi connectivity index (χ2v) is 5.09. The third-order valence-corrected chi connectivity index (χ3v) is 3.87. The molecule has 2 aromatic heterocycles. The molecule has 0 saturated heterocycles. The number of aromatic nitrogens is 1. The SMILES string of the molecule is CC(NCc1cccnc1C(N)=NO)c1cccs1. The monoisotopic (exact) mass is 276 g/mol. The number of nitrogens with one attached hydrogen (secondary N) is 1. The molecule has 19 heavy (non-hydrogen) atoms. The van der Waals surface area contributed by atoms with E-state index in [-0.39, 0.29) is 11.9 Å². The first-order valence-corrected chi connectivity index (χ1v) is 6.79. The molecule has 1 atom stereocenters. The van der Waals surface area contributed by atoms with E-state index in [1.807, 2.05) is 18.2 Å². The summed E-state index contributed by atoms with van der Waals surface area (Å²) in [6.45, 7) is 2.71. The highest BCUT2D eigenvalue weighted by atomic mass is 32.1. The topological polar surface area (TPSA) is 83.5 Å². The number of hydrogen-bond acceptors (Lipinski definition) is 5. The van der Waals surface area contributed by atoms with Gasteiger partial charge < -0.3 is 16.3 Å². The Balaban J connectivity index is 2.08. The van der Waals surface area contributed by atoms with E-state index in [0.29, 0.717) is 12.2 Å². The maximum atomic E-state index is 8.74. The van der Waals surface area contributed by atoms with Crippen molar-refractivity contribution >= 4 is 17.2 Å². The quantitative estimate of drug-likeness (QED) is 0.338. The van der Waals surface area contributed by atoms with E-state index in [0.717, 1.165) is 5.56 Å². The first-order chi connectivity index (χ1) is 9.22. The van der Waals surface area contributed by atoms with E-state index in [9.17, 15) is 0 Å². The number of oxime groups is 1. The van der Waals surface area contributed by atoms with Gasteiger partial charge in [0.15, 0.2) is 5.84 Å². The highest BCUT2D eigenvalue weighted by Crippen LogP contribution is 2.18. The van der Waals surface area contributed by atoms with Crippen molar-refractivity contribution in [2.24, 2.45) is 10.9 Å². The molecular weight excluding hydrogens is 260 g/mol. The lowest BCUT2D eigenvalue weighted by Gasteiger charge is -2.13. The summed E-state index contributed by atoms with van der Waals surface area (Å²) >= 11 is 1.71. The number of nitrogens with zero attached hydrogens (tertiary/aromatic N) is 2. The standard InChI is InChI=1S/C13H16N4OS/c1-9(11-5-3-7-19-11)16-8-10-4-2-6-15-12(10)13(14)17-18/h2-7,9,16,18H,8H2,1H3,(H2,14,17). The van der Waals surface area contributed by atoms with Crippen LogP contribution in [0.4, 0.5) is 0 Å². The Morgan fingerprint density at radius 1 is 1.53 bits per heavy atom. The van der Waals surface area contributed by atoms with Gasteiger partial charge in [-0.15, -0.1) is 11.3 Å². The van der Waals surface area contributed by atoms with E-state index in [2.05, 4.69) is 33.8 Å². The lowest BCUT2D eigenvalue weighted by Crippen LogP contribution is -2.22. The Hall–Kier alpha value is -1.92. The third kappa shape index (κ3) is 3.30. The van der Waals surface area contributed by atoms with Crippen LogP contribution in [0.2, 0.25) is 0 Å². The molecule has 0 bridgehead atoms. The zero-order valence-electron chi connectivity index (χ0n) is 10.6. The van der Waals surface area contributed by atoms with Gasteiger partial charge in [-0.05, 0) is 30.0 Å². The van der Waals surface area contributed by atoms with Crippen molar-refractivity contribution in [2.75, 3.05) is 0 Å². The van der Waals surface area contributed by atoms with Gasteiger partial charge >= 0.3 is 0 Å². The highest BCUT2D eigenvalue weighted by molar-refractivity contribution is 7.10. The van der Waals surface area contributed by atoms with Gasteiger partial charge in [0.05, 0.1) is 0 Å². The van der Waals surface area contributed by atoms with E-state index in [1.54, 1.807) is 17.5 Å². The summed E-state index contributed by atoms with van der Waals surface area (Å²) in [5.74, 6) is 0.0289. The van der Waals surface area contributed by atoms with Crippen molar-refractivity contribution in [1.82, 2.24) is 10.3 Å². The van der Waals surface area contributed by atoms with Crippen molar-refractivity contribution in [3.8, 4) is 0 Å². The Morgan fingerprint density at radius 3 is 3.05 bits per heavy atom. The largest absolute Gasteiger partial charge is 0.409 e. The van der Waals surface area contributed by atoms with Crippen LogP contribution in [0.1, 0.15) is 29.1 Å². The maximum absolute atomic E-state index is 8.74. The van der Waals surface area contributed by atoms with Crippen LogP contribution in [-0.4, -0.2) is 16.0 Å². The van der Waals surface area contributed by atoms with Crippen LogP contribution < -0.4 is 11.1 Å². The fourth-order valence-corrected chi connectivity index (χ4v) is 2.52. The number of nitrogens with two attached hydrogens (primary N) is 1. The summed E-state index contributed by atoms with van der Waals surface area (Å²) in [5, 5.41) is 17.2. The summed E-state index contributed by atoms with van der Waals surface area (Å²) in [4.78, 5) is 5.41. The van der Waals surface area contributed by atoms with Crippen LogP contribution in [0.25, 0.3) is 0 Å². The lowest BCUT2D eigenvalue weighted by molar-refractivity contribution is 0.318. The second-order valence-electron chi connectivity index (χ2n) is 4.11. The molecule has 2 aromatic rings. The molecule has 0 spiro atoms. The molecule has 0 fully saturated rings. The second kappa shape index (κ2) is 6.31. The van der Waals surface area contributed by atoms with Gasteiger partial charge in [-0.2, -0.15) is 0 Å². The van der Waals surface area contributed by atoms with Gasteiger partial charge in [-0.1, -0.05) is 17.3 Å². The molecule has 5 nitrogen and oxygen atoms in total. The number of thiophene rings is 1. The van der Waals surface area contributed by atoms with Crippen molar-refractivity contribution in [2.45, 2.75) is 19.5 Å². The fraction of sp³-hybridized carbons (Fsp3) is 0.231. The Kier molecular flexibility index (Phi) is 4.48. The molecule has 0 aliphatic rings. The average Bonchev–Trinajstić information content (AvgIpc) is 2.98. The number of pyridine rings is 1. The molecule has 6 heteroatoms. The minimum absolute atomic E-state index is 0.0289. The fourth-order valence-electron chi connectivity index (χ4n) is 1.76. The summed E-state index contributed by atoms with van der Waals surface area (Å²) in [6.07, 6.45) is 1.62.